The Bertz CT molecular complexity index is 601. The summed E-state index contributed by atoms with van der Waals surface area (Å²) in [5.74, 6) is 0.655. The number of anilines is 1. The van der Waals surface area contributed by atoms with Crippen molar-refractivity contribution in [3.63, 3.8) is 0 Å². The Labute approximate surface area is 114 Å². The van der Waals surface area contributed by atoms with E-state index in [0.717, 1.165) is 24.9 Å². The largest absolute Gasteiger partial charge is 0.369 e. The standard InChI is InChI=1S/C15H22N4/c1-10-4-5-14-13(8-10)17-15(16)19(14)12-6-7-18(3)11(2)9-12/h4-5,8,11-12H,6-7,9H2,1-3H3,(H2,16,17). The summed E-state index contributed by atoms with van der Waals surface area (Å²) in [6, 6.07) is 7.47. The highest BCUT2D eigenvalue weighted by Gasteiger charge is 2.26. The zero-order chi connectivity index (χ0) is 13.6. The van der Waals surface area contributed by atoms with Crippen molar-refractivity contribution in [3.8, 4) is 0 Å². The van der Waals surface area contributed by atoms with Crippen molar-refractivity contribution >= 4 is 17.0 Å². The van der Waals surface area contributed by atoms with Gasteiger partial charge in [0.15, 0.2) is 0 Å². The fraction of sp³-hybridized carbons (Fsp3) is 0.533. The van der Waals surface area contributed by atoms with E-state index in [-0.39, 0.29) is 0 Å². The first kappa shape index (κ1) is 12.5. The molecule has 3 rings (SSSR count). The maximum atomic E-state index is 6.15. The molecular weight excluding hydrogens is 236 g/mol. The van der Waals surface area contributed by atoms with Crippen LogP contribution in [0.5, 0.6) is 0 Å². The molecule has 0 amide bonds. The van der Waals surface area contributed by atoms with Crippen LogP contribution in [-0.4, -0.2) is 34.1 Å². The smallest absolute Gasteiger partial charge is 0.201 e. The van der Waals surface area contributed by atoms with E-state index < -0.39 is 0 Å². The van der Waals surface area contributed by atoms with Crippen LogP contribution in [0.2, 0.25) is 0 Å². The molecule has 1 saturated heterocycles. The highest BCUT2D eigenvalue weighted by molar-refractivity contribution is 5.79. The quantitative estimate of drug-likeness (QED) is 0.855. The second-order valence-electron chi connectivity index (χ2n) is 5.84. The van der Waals surface area contributed by atoms with Crippen molar-refractivity contribution in [2.24, 2.45) is 0 Å². The van der Waals surface area contributed by atoms with Gasteiger partial charge in [0.2, 0.25) is 5.95 Å². The molecule has 0 saturated carbocycles. The lowest BCUT2D eigenvalue weighted by Crippen LogP contribution is -2.38. The van der Waals surface area contributed by atoms with E-state index in [4.69, 9.17) is 5.73 Å². The van der Waals surface area contributed by atoms with E-state index in [1.807, 2.05) is 0 Å². The van der Waals surface area contributed by atoms with E-state index in [2.05, 4.69) is 53.5 Å². The second kappa shape index (κ2) is 4.53. The number of piperidine rings is 1. The zero-order valence-corrected chi connectivity index (χ0v) is 11.9. The average molecular weight is 258 g/mol. The molecule has 1 aliphatic rings. The molecule has 1 aliphatic heterocycles. The van der Waals surface area contributed by atoms with Crippen LogP contribution in [0.4, 0.5) is 5.95 Å². The van der Waals surface area contributed by atoms with Crippen LogP contribution >= 0.6 is 0 Å². The Morgan fingerprint density at radius 3 is 2.89 bits per heavy atom. The lowest BCUT2D eigenvalue weighted by atomic mass is 9.98. The van der Waals surface area contributed by atoms with Gasteiger partial charge < -0.3 is 15.2 Å². The number of hydrogen-bond acceptors (Lipinski definition) is 3. The van der Waals surface area contributed by atoms with Crippen LogP contribution in [0.25, 0.3) is 11.0 Å². The number of nitrogen functional groups attached to an aromatic ring is 1. The lowest BCUT2D eigenvalue weighted by Gasteiger charge is -2.36. The number of nitrogens with zero attached hydrogens (tertiary/aromatic N) is 3. The van der Waals surface area contributed by atoms with E-state index in [0.29, 0.717) is 18.0 Å². The molecule has 1 fully saturated rings. The summed E-state index contributed by atoms with van der Waals surface area (Å²) >= 11 is 0. The van der Waals surface area contributed by atoms with Gasteiger partial charge in [-0.25, -0.2) is 4.98 Å². The van der Waals surface area contributed by atoms with Gasteiger partial charge in [0.05, 0.1) is 11.0 Å². The summed E-state index contributed by atoms with van der Waals surface area (Å²) in [4.78, 5) is 6.93. The summed E-state index contributed by atoms with van der Waals surface area (Å²) in [5, 5.41) is 0. The highest BCUT2D eigenvalue weighted by Crippen LogP contribution is 2.32. The minimum Gasteiger partial charge on any atom is -0.369 e. The Kier molecular flexibility index (Phi) is 2.97. The Balaban J connectivity index is 2.03. The van der Waals surface area contributed by atoms with Gasteiger partial charge in [-0.05, 0) is 51.4 Å². The lowest BCUT2D eigenvalue weighted by molar-refractivity contribution is 0.159. The summed E-state index contributed by atoms with van der Waals surface area (Å²) in [6.07, 6.45) is 2.28. The fourth-order valence-corrected chi connectivity index (χ4v) is 3.11. The molecule has 19 heavy (non-hydrogen) atoms. The average Bonchev–Trinajstić information content (AvgIpc) is 2.68. The van der Waals surface area contributed by atoms with Crippen molar-refractivity contribution in [2.45, 2.75) is 38.8 Å². The van der Waals surface area contributed by atoms with Crippen molar-refractivity contribution in [1.82, 2.24) is 14.5 Å². The van der Waals surface area contributed by atoms with Gasteiger partial charge in [-0.2, -0.15) is 0 Å². The molecule has 1 aromatic heterocycles. The Morgan fingerprint density at radius 2 is 2.16 bits per heavy atom. The summed E-state index contributed by atoms with van der Waals surface area (Å²) in [5.41, 5.74) is 9.57. The molecule has 2 atom stereocenters. The zero-order valence-electron chi connectivity index (χ0n) is 11.9. The van der Waals surface area contributed by atoms with E-state index in [1.165, 1.54) is 11.1 Å². The molecule has 1 aromatic carbocycles. The van der Waals surface area contributed by atoms with Gasteiger partial charge in [0.25, 0.3) is 0 Å². The molecule has 102 valence electrons. The number of benzene rings is 1. The summed E-state index contributed by atoms with van der Waals surface area (Å²) in [7, 11) is 2.19. The first-order chi connectivity index (χ1) is 9.06. The maximum absolute atomic E-state index is 6.15. The Morgan fingerprint density at radius 1 is 1.37 bits per heavy atom. The predicted molar refractivity (Wildman–Crippen MR) is 79.2 cm³/mol. The number of rotatable bonds is 1. The molecule has 4 nitrogen and oxygen atoms in total. The van der Waals surface area contributed by atoms with Crippen LogP contribution in [0.3, 0.4) is 0 Å². The molecular formula is C15H22N4. The van der Waals surface area contributed by atoms with E-state index in [1.54, 1.807) is 0 Å². The predicted octanol–water partition coefficient (Wildman–Crippen LogP) is 2.58. The summed E-state index contributed by atoms with van der Waals surface area (Å²) in [6.45, 7) is 5.49. The third-order valence-electron chi connectivity index (χ3n) is 4.42. The highest BCUT2D eigenvalue weighted by atomic mass is 15.2. The van der Waals surface area contributed by atoms with Gasteiger partial charge in [-0.3, -0.25) is 0 Å². The second-order valence-corrected chi connectivity index (χ2v) is 5.84. The van der Waals surface area contributed by atoms with Gasteiger partial charge in [-0.1, -0.05) is 6.07 Å². The molecule has 0 radical (unpaired) electrons. The van der Waals surface area contributed by atoms with Crippen LogP contribution < -0.4 is 5.73 Å². The monoisotopic (exact) mass is 258 g/mol. The van der Waals surface area contributed by atoms with Crippen LogP contribution in [0.15, 0.2) is 18.2 Å². The molecule has 2 N–H and O–H groups in total. The molecule has 0 bridgehead atoms. The number of fused-ring (bicyclic) bond motifs is 1. The van der Waals surface area contributed by atoms with Crippen LogP contribution in [-0.2, 0) is 0 Å². The topological polar surface area (TPSA) is 47.1 Å². The molecule has 2 heterocycles. The van der Waals surface area contributed by atoms with Crippen molar-refractivity contribution < 1.29 is 0 Å². The van der Waals surface area contributed by atoms with Crippen molar-refractivity contribution in [1.29, 1.82) is 0 Å². The van der Waals surface area contributed by atoms with E-state index >= 15 is 0 Å². The van der Waals surface area contributed by atoms with E-state index in [9.17, 15) is 0 Å². The van der Waals surface area contributed by atoms with Gasteiger partial charge in [0.1, 0.15) is 0 Å². The van der Waals surface area contributed by atoms with Gasteiger partial charge in [-0.15, -0.1) is 0 Å². The molecule has 2 unspecified atom stereocenters. The fourth-order valence-electron chi connectivity index (χ4n) is 3.11. The number of hydrogen-bond donors (Lipinski definition) is 1. The number of nitrogens with two attached hydrogens (primary N) is 1. The number of aryl methyl sites for hydroxylation is 1. The normalized spacial score (nSPS) is 25.0. The van der Waals surface area contributed by atoms with Crippen LogP contribution in [0, 0.1) is 6.92 Å². The number of likely N-dealkylation sites (tertiary alicyclic amines) is 1. The molecule has 0 spiro atoms. The van der Waals surface area contributed by atoms with Crippen molar-refractivity contribution in [2.75, 3.05) is 19.3 Å². The number of imidazole rings is 1. The maximum Gasteiger partial charge on any atom is 0.201 e. The minimum absolute atomic E-state index is 0.471. The first-order valence-electron chi connectivity index (χ1n) is 7.00. The van der Waals surface area contributed by atoms with Gasteiger partial charge >= 0.3 is 0 Å². The molecule has 4 heteroatoms. The van der Waals surface area contributed by atoms with Crippen LogP contribution in [0.1, 0.15) is 31.4 Å². The number of aromatic nitrogens is 2. The first-order valence-corrected chi connectivity index (χ1v) is 7.00. The Hall–Kier alpha value is -1.55. The molecule has 0 aliphatic carbocycles. The SMILES string of the molecule is Cc1ccc2c(c1)nc(N)n2C1CCN(C)C(C)C1. The van der Waals surface area contributed by atoms with Crippen molar-refractivity contribution in [3.05, 3.63) is 23.8 Å². The molecule has 2 aromatic rings. The minimum atomic E-state index is 0.471. The third-order valence-corrected chi connectivity index (χ3v) is 4.42. The summed E-state index contributed by atoms with van der Waals surface area (Å²) < 4.78 is 2.23. The van der Waals surface area contributed by atoms with Gasteiger partial charge in [0, 0.05) is 18.6 Å². The third kappa shape index (κ3) is 2.10.